The van der Waals surface area contributed by atoms with E-state index < -0.39 is 0 Å². The molecule has 1 atom stereocenters. The molecular weight excluding hydrogens is 218 g/mol. The molecule has 1 heterocycles. The average Bonchev–Trinajstić information content (AvgIpc) is 2.60. The zero-order chi connectivity index (χ0) is 12.3. The Hall–Kier alpha value is -0.940. The van der Waals surface area contributed by atoms with Gasteiger partial charge in [0.15, 0.2) is 0 Å². The Bertz CT molecular complexity index is 347. The maximum atomic E-state index is 9.21. The van der Waals surface area contributed by atoms with Gasteiger partial charge in [-0.1, -0.05) is 6.42 Å². The minimum Gasteiger partial charge on any atom is -0.424 e. The van der Waals surface area contributed by atoms with Crippen molar-refractivity contribution in [1.82, 2.24) is 15.1 Å². The summed E-state index contributed by atoms with van der Waals surface area (Å²) in [6, 6.07) is 0. The van der Waals surface area contributed by atoms with Gasteiger partial charge in [0.2, 0.25) is 11.8 Å². The van der Waals surface area contributed by atoms with Crippen molar-refractivity contribution < 1.29 is 9.52 Å². The third-order valence-electron chi connectivity index (χ3n) is 3.27. The number of aromatic nitrogens is 2. The quantitative estimate of drug-likeness (QED) is 0.816. The van der Waals surface area contributed by atoms with Gasteiger partial charge < -0.3 is 9.52 Å². The van der Waals surface area contributed by atoms with Crippen LogP contribution in [-0.2, 0) is 6.54 Å². The molecule has 0 amide bonds. The summed E-state index contributed by atoms with van der Waals surface area (Å²) in [5.74, 6) is 1.98. The molecule has 1 N–H and O–H groups in total. The van der Waals surface area contributed by atoms with Gasteiger partial charge in [-0.25, -0.2) is 0 Å². The van der Waals surface area contributed by atoms with Gasteiger partial charge >= 0.3 is 0 Å². The van der Waals surface area contributed by atoms with Crippen molar-refractivity contribution in [2.45, 2.75) is 51.2 Å². The largest absolute Gasteiger partial charge is 0.424 e. The predicted molar refractivity (Wildman–Crippen MR) is 63.5 cm³/mol. The molecule has 1 fully saturated rings. The lowest BCUT2D eigenvalue weighted by atomic mass is 9.85. The number of hydrogen-bond donors (Lipinski definition) is 1. The summed E-state index contributed by atoms with van der Waals surface area (Å²) >= 11 is 0. The first-order valence-electron chi connectivity index (χ1n) is 6.34. The van der Waals surface area contributed by atoms with E-state index in [-0.39, 0.29) is 6.10 Å². The highest BCUT2D eigenvalue weighted by atomic mass is 16.4. The van der Waals surface area contributed by atoms with Crippen molar-refractivity contribution in [3.63, 3.8) is 0 Å². The number of nitrogens with zero attached hydrogens (tertiary/aromatic N) is 3. The molecule has 0 bridgehead atoms. The van der Waals surface area contributed by atoms with E-state index in [9.17, 15) is 5.11 Å². The summed E-state index contributed by atoms with van der Waals surface area (Å²) in [5, 5.41) is 17.4. The van der Waals surface area contributed by atoms with Gasteiger partial charge in [-0.05, 0) is 33.2 Å². The normalized spacial score (nSPS) is 18.4. The minimum absolute atomic E-state index is 0.259. The second-order valence-electron chi connectivity index (χ2n) is 5.04. The van der Waals surface area contributed by atoms with E-state index in [1.165, 1.54) is 19.3 Å². The number of aliphatic hydroxyl groups is 1. The second-order valence-corrected chi connectivity index (χ2v) is 5.04. The molecular formula is C12H21N3O2. The topological polar surface area (TPSA) is 62.4 Å². The van der Waals surface area contributed by atoms with Crippen molar-refractivity contribution in [1.29, 1.82) is 0 Å². The molecule has 0 aliphatic heterocycles. The predicted octanol–water partition coefficient (Wildman–Crippen LogP) is 1.54. The molecule has 1 aliphatic carbocycles. The highest BCUT2D eigenvalue weighted by molar-refractivity contribution is 4.96. The first kappa shape index (κ1) is 12.5. The lowest BCUT2D eigenvalue weighted by Gasteiger charge is -2.20. The minimum atomic E-state index is -0.259. The van der Waals surface area contributed by atoms with Gasteiger partial charge in [0.1, 0.15) is 0 Å². The summed E-state index contributed by atoms with van der Waals surface area (Å²) in [7, 11) is 2.00. The molecule has 2 rings (SSSR count). The third-order valence-corrected chi connectivity index (χ3v) is 3.27. The SMILES string of the molecule is CC(O)CCN(C)Cc1nnc(C2CCC2)o1. The van der Waals surface area contributed by atoms with Crippen LogP contribution < -0.4 is 0 Å². The van der Waals surface area contributed by atoms with E-state index in [2.05, 4.69) is 15.1 Å². The van der Waals surface area contributed by atoms with Crippen molar-refractivity contribution in [3.05, 3.63) is 11.8 Å². The van der Waals surface area contributed by atoms with Crippen LogP contribution in [0.4, 0.5) is 0 Å². The molecule has 1 unspecified atom stereocenters. The van der Waals surface area contributed by atoms with Crippen molar-refractivity contribution in [2.75, 3.05) is 13.6 Å². The molecule has 1 aliphatic rings. The summed E-state index contributed by atoms with van der Waals surface area (Å²) < 4.78 is 5.64. The van der Waals surface area contributed by atoms with E-state index >= 15 is 0 Å². The van der Waals surface area contributed by atoms with Crippen LogP contribution in [0.2, 0.25) is 0 Å². The highest BCUT2D eigenvalue weighted by Crippen LogP contribution is 2.35. The Labute approximate surface area is 102 Å². The van der Waals surface area contributed by atoms with Crippen LogP contribution in [0.3, 0.4) is 0 Å². The number of hydrogen-bond acceptors (Lipinski definition) is 5. The van der Waals surface area contributed by atoms with Gasteiger partial charge in [0, 0.05) is 12.5 Å². The fourth-order valence-electron chi connectivity index (χ4n) is 1.87. The van der Waals surface area contributed by atoms with Gasteiger partial charge in [-0.2, -0.15) is 0 Å². The molecule has 5 heteroatoms. The van der Waals surface area contributed by atoms with Crippen LogP contribution >= 0.6 is 0 Å². The Kier molecular flexibility index (Phi) is 4.12. The Balaban J connectivity index is 1.79. The van der Waals surface area contributed by atoms with Gasteiger partial charge in [-0.3, -0.25) is 4.90 Å². The van der Waals surface area contributed by atoms with Gasteiger partial charge in [-0.15, -0.1) is 10.2 Å². The van der Waals surface area contributed by atoms with Gasteiger partial charge in [0.25, 0.3) is 0 Å². The first-order valence-corrected chi connectivity index (χ1v) is 6.34. The van der Waals surface area contributed by atoms with Crippen LogP contribution in [0.25, 0.3) is 0 Å². The smallest absolute Gasteiger partial charge is 0.230 e. The molecule has 0 spiro atoms. The molecule has 0 saturated heterocycles. The molecule has 1 aromatic heterocycles. The number of aliphatic hydroxyl groups excluding tert-OH is 1. The van der Waals surface area contributed by atoms with Crippen LogP contribution in [0.5, 0.6) is 0 Å². The number of rotatable bonds is 6. The highest BCUT2D eigenvalue weighted by Gasteiger charge is 2.25. The van der Waals surface area contributed by atoms with E-state index in [1.54, 1.807) is 6.92 Å². The molecule has 96 valence electrons. The van der Waals surface area contributed by atoms with Crippen molar-refractivity contribution >= 4 is 0 Å². The summed E-state index contributed by atoms with van der Waals surface area (Å²) in [4.78, 5) is 2.09. The molecule has 0 radical (unpaired) electrons. The third kappa shape index (κ3) is 3.51. The summed E-state index contributed by atoms with van der Waals surface area (Å²) in [5.41, 5.74) is 0. The molecule has 5 nitrogen and oxygen atoms in total. The maximum Gasteiger partial charge on any atom is 0.230 e. The molecule has 1 aromatic rings. The van der Waals surface area contributed by atoms with Crippen LogP contribution in [0, 0.1) is 0 Å². The van der Waals surface area contributed by atoms with E-state index in [0.29, 0.717) is 18.4 Å². The standard InChI is InChI=1S/C12H21N3O2/c1-9(16)6-7-15(2)8-11-13-14-12(17-11)10-4-3-5-10/h9-10,16H,3-8H2,1-2H3. The molecule has 0 aromatic carbocycles. The molecule has 17 heavy (non-hydrogen) atoms. The zero-order valence-corrected chi connectivity index (χ0v) is 10.6. The van der Waals surface area contributed by atoms with Crippen molar-refractivity contribution in [2.24, 2.45) is 0 Å². The average molecular weight is 239 g/mol. The van der Waals surface area contributed by atoms with Gasteiger partial charge in [0.05, 0.1) is 12.6 Å². The van der Waals surface area contributed by atoms with E-state index in [1.807, 2.05) is 7.05 Å². The van der Waals surface area contributed by atoms with Crippen LogP contribution in [0.15, 0.2) is 4.42 Å². The Morgan fingerprint density at radius 2 is 2.24 bits per heavy atom. The Morgan fingerprint density at radius 1 is 1.47 bits per heavy atom. The Morgan fingerprint density at radius 3 is 2.82 bits per heavy atom. The zero-order valence-electron chi connectivity index (χ0n) is 10.6. The fraction of sp³-hybridized carbons (Fsp3) is 0.833. The summed E-state index contributed by atoms with van der Waals surface area (Å²) in [6.45, 7) is 3.29. The van der Waals surface area contributed by atoms with E-state index in [4.69, 9.17) is 4.42 Å². The maximum absolute atomic E-state index is 9.21. The lowest BCUT2D eigenvalue weighted by molar-refractivity contribution is 0.159. The lowest BCUT2D eigenvalue weighted by Crippen LogP contribution is -2.22. The van der Waals surface area contributed by atoms with E-state index in [0.717, 1.165) is 18.9 Å². The molecule has 1 saturated carbocycles. The van der Waals surface area contributed by atoms with Crippen molar-refractivity contribution in [3.8, 4) is 0 Å². The summed E-state index contributed by atoms with van der Waals surface area (Å²) in [6.07, 6.45) is 4.14. The first-order chi connectivity index (χ1) is 8.15. The second kappa shape index (κ2) is 5.60. The fourth-order valence-corrected chi connectivity index (χ4v) is 1.87. The monoisotopic (exact) mass is 239 g/mol. The van der Waals surface area contributed by atoms with Crippen LogP contribution in [0.1, 0.15) is 50.3 Å². The van der Waals surface area contributed by atoms with Crippen LogP contribution in [-0.4, -0.2) is 39.9 Å².